The number of nitrogens with zero attached hydrogens (tertiary/aromatic N) is 4. The van der Waals surface area contributed by atoms with E-state index in [2.05, 4.69) is 29.4 Å². The highest BCUT2D eigenvalue weighted by molar-refractivity contribution is 5.80. The van der Waals surface area contributed by atoms with Crippen LogP contribution in [-0.2, 0) is 22.7 Å². The molecule has 2 aliphatic rings. The topological polar surface area (TPSA) is 100 Å². The number of fused-ring (bicyclic) bond motifs is 1. The van der Waals surface area contributed by atoms with Crippen molar-refractivity contribution in [3.63, 3.8) is 0 Å². The van der Waals surface area contributed by atoms with Crippen LogP contribution in [0.5, 0.6) is 0 Å². The first-order chi connectivity index (χ1) is 11.9. The van der Waals surface area contributed by atoms with Crippen LogP contribution in [0.3, 0.4) is 0 Å². The highest BCUT2D eigenvalue weighted by Gasteiger charge is 2.35. The van der Waals surface area contributed by atoms with Crippen molar-refractivity contribution >= 4 is 11.9 Å². The normalized spacial score (nSPS) is 29.9. The van der Waals surface area contributed by atoms with E-state index in [-0.39, 0.29) is 25.0 Å². The van der Waals surface area contributed by atoms with Crippen LogP contribution in [0, 0.1) is 18.8 Å². The molecule has 3 rings (SSSR count). The molecular weight excluding hydrogens is 322 g/mol. The molecule has 0 aromatic carbocycles. The maximum Gasteiger partial charge on any atom is 0.322 e. The first-order valence-electron chi connectivity index (χ1n) is 9.01. The Hall–Kier alpha value is -1.96. The van der Waals surface area contributed by atoms with Gasteiger partial charge in [-0.15, -0.1) is 10.2 Å². The quantitative estimate of drug-likeness (QED) is 0.834. The molecule has 4 atom stereocenters. The summed E-state index contributed by atoms with van der Waals surface area (Å²) >= 11 is 0. The van der Waals surface area contributed by atoms with Gasteiger partial charge in [0.2, 0.25) is 5.91 Å². The predicted octanol–water partition coefficient (Wildman–Crippen LogP) is 0.796. The summed E-state index contributed by atoms with van der Waals surface area (Å²) in [5, 5.41) is 20.8. The smallest absolute Gasteiger partial charge is 0.322 e. The Morgan fingerprint density at radius 1 is 1.28 bits per heavy atom. The van der Waals surface area contributed by atoms with Crippen molar-refractivity contribution in [2.24, 2.45) is 11.8 Å². The third kappa shape index (κ3) is 3.68. The SMILES string of the molecule is Cc1nnc2n1CC(C(=O)O)N(CC(=O)NC1CCCC(C)C1C)C2. The molecule has 0 radical (unpaired) electrons. The molecule has 25 heavy (non-hydrogen) atoms. The Kier molecular flexibility index (Phi) is 5.08. The Bertz CT molecular complexity index is 659. The highest BCUT2D eigenvalue weighted by atomic mass is 16.4. The van der Waals surface area contributed by atoms with E-state index in [0.29, 0.717) is 30.0 Å². The van der Waals surface area contributed by atoms with Crippen LogP contribution in [0.4, 0.5) is 0 Å². The Labute approximate surface area is 147 Å². The van der Waals surface area contributed by atoms with Gasteiger partial charge in [0.15, 0.2) is 0 Å². The van der Waals surface area contributed by atoms with Gasteiger partial charge in [-0.3, -0.25) is 14.5 Å². The van der Waals surface area contributed by atoms with Gasteiger partial charge in [-0.25, -0.2) is 0 Å². The van der Waals surface area contributed by atoms with Crippen molar-refractivity contribution in [3.05, 3.63) is 11.6 Å². The number of amides is 1. The number of carbonyl (C=O) groups excluding carboxylic acids is 1. The van der Waals surface area contributed by atoms with Crippen LogP contribution >= 0.6 is 0 Å². The van der Waals surface area contributed by atoms with Gasteiger partial charge in [-0.05, 0) is 25.2 Å². The lowest BCUT2D eigenvalue weighted by atomic mass is 9.78. The molecule has 0 spiro atoms. The van der Waals surface area contributed by atoms with Crippen LogP contribution in [0.15, 0.2) is 0 Å². The number of hydrogen-bond acceptors (Lipinski definition) is 5. The third-order valence-electron chi connectivity index (χ3n) is 5.84. The minimum atomic E-state index is -0.925. The number of aliphatic carboxylic acids is 1. The predicted molar refractivity (Wildman–Crippen MR) is 90.7 cm³/mol. The van der Waals surface area contributed by atoms with Gasteiger partial charge in [0.25, 0.3) is 0 Å². The first kappa shape index (κ1) is 17.8. The van der Waals surface area contributed by atoms with Crippen LogP contribution in [0.1, 0.15) is 44.8 Å². The lowest BCUT2D eigenvalue weighted by Gasteiger charge is -2.36. The molecule has 0 bridgehead atoms. The van der Waals surface area contributed by atoms with Crippen LogP contribution in [-0.4, -0.2) is 55.3 Å². The molecule has 138 valence electrons. The average molecular weight is 349 g/mol. The van der Waals surface area contributed by atoms with E-state index < -0.39 is 12.0 Å². The van der Waals surface area contributed by atoms with Gasteiger partial charge < -0.3 is 15.0 Å². The van der Waals surface area contributed by atoms with E-state index in [1.807, 2.05) is 11.5 Å². The molecule has 1 fully saturated rings. The van der Waals surface area contributed by atoms with Crippen molar-refractivity contribution in [3.8, 4) is 0 Å². The minimum absolute atomic E-state index is 0.0699. The summed E-state index contributed by atoms with van der Waals surface area (Å²) in [6.45, 7) is 6.88. The fourth-order valence-electron chi connectivity index (χ4n) is 3.98. The van der Waals surface area contributed by atoms with Crippen molar-refractivity contribution < 1.29 is 14.7 Å². The Morgan fingerprint density at radius 2 is 2.04 bits per heavy atom. The van der Waals surface area contributed by atoms with Crippen molar-refractivity contribution in [1.82, 2.24) is 25.0 Å². The molecule has 1 aromatic heterocycles. The molecule has 1 amide bonds. The molecule has 1 aliphatic heterocycles. The molecule has 8 nitrogen and oxygen atoms in total. The zero-order valence-electron chi connectivity index (χ0n) is 15.1. The zero-order chi connectivity index (χ0) is 18.1. The molecule has 1 aromatic rings. The summed E-state index contributed by atoms with van der Waals surface area (Å²) in [5.74, 6) is 1.42. The molecular formula is C17H27N5O3. The summed E-state index contributed by atoms with van der Waals surface area (Å²) in [4.78, 5) is 25.9. The van der Waals surface area contributed by atoms with E-state index in [4.69, 9.17) is 0 Å². The molecule has 2 heterocycles. The van der Waals surface area contributed by atoms with Gasteiger partial charge in [0, 0.05) is 6.04 Å². The summed E-state index contributed by atoms with van der Waals surface area (Å²) in [6.07, 6.45) is 3.32. The monoisotopic (exact) mass is 349 g/mol. The first-order valence-corrected chi connectivity index (χ1v) is 9.01. The van der Waals surface area contributed by atoms with Crippen molar-refractivity contribution in [1.29, 1.82) is 0 Å². The maximum atomic E-state index is 12.5. The number of hydrogen-bond donors (Lipinski definition) is 2. The number of carbonyl (C=O) groups is 2. The second-order valence-corrected chi connectivity index (χ2v) is 7.47. The summed E-state index contributed by atoms with van der Waals surface area (Å²) in [5.41, 5.74) is 0. The third-order valence-corrected chi connectivity index (χ3v) is 5.84. The second-order valence-electron chi connectivity index (χ2n) is 7.47. The largest absolute Gasteiger partial charge is 0.480 e. The van der Waals surface area contributed by atoms with Gasteiger partial charge in [0.1, 0.15) is 17.7 Å². The molecule has 8 heteroatoms. The Morgan fingerprint density at radius 3 is 2.76 bits per heavy atom. The molecule has 4 unspecified atom stereocenters. The fraction of sp³-hybridized carbons (Fsp3) is 0.765. The van der Waals surface area contributed by atoms with Crippen LogP contribution < -0.4 is 5.32 Å². The van der Waals surface area contributed by atoms with E-state index >= 15 is 0 Å². The number of rotatable bonds is 4. The maximum absolute atomic E-state index is 12.5. The lowest BCUT2D eigenvalue weighted by molar-refractivity contribution is -0.145. The van der Waals surface area contributed by atoms with Gasteiger partial charge in [-0.1, -0.05) is 26.7 Å². The minimum Gasteiger partial charge on any atom is -0.480 e. The summed E-state index contributed by atoms with van der Waals surface area (Å²) < 4.78 is 1.82. The van der Waals surface area contributed by atoms with Gasteiger partial charge >= 0.3 is 5.97 Å². The lowest BCUT2D eigenvalue weighted by Crippen LogP contribution is -2.53. The van der Waals surface area contributed by atoms with Gasteiger partial charge in [0.05, 0.1) is 19.6 Å². The van der Waals surface area contributed by atoms with E-state index in [1.165, 1.54) is 6.42 Å². The number of nitrogens with one attached hydrogen (secondary N) is 1. The summed E-state index contributed by atoms with van der Waals surface area (Å²) in [7, 11) is 0. The average Bonchev–Trinajstić information content (AvgIpc) is 2.91. The fourth-order valence-corrected chi connectivity index (χ4v) is 3.98. The van der Waals surface area contributed by atoms with Gasteiger partial charge in [-0.2, -0.15) is 0 Å². The van der Waals surface area contributed by atoms with Crippen LogP contribution in [0.25, 0.3) is 0 Å². The van der Waals surface area contributed by atoms with E-state index in [9.17, 15) is 14.7 Å². The van der Waals surface area contributed by atoms with Crippen LogP contribution in [0.2, 0.25) is 0 Å². The molecule has 2 N–H and O–H groups in total. The highest BCUT2D eigenvalue weighted by Crippen LogP contribution is 2.29. The van der Waals surface area contributed by atoms with Crippen molar-refractivity contribution in [2.75, 3.05) is 6.54 Å². The number of aromatic nitrogens is 3. The second kappa shape index (κ2) is 7.11. The molecule has 1 saturated carbocycles. The number of aryl methyl sites for hydroxylation is 1. The van der Waals surface area contributed by atoms with E-state index in [1.54, 1.807) is 4.90 Å². The van der Waals surface area contributed by atoms with E-state index in [0.717, 1.165) is 12.8 Å². The standard InChI is InChI=1S/C17H27N5O3/c1-10-5-4-6-13(11(10)2)18-16(23)9-21-8-15-20-19-12(3)22(15)7-14(21)17(24)25/h10-11,13-14H,4-9H2,1-3H3,(H,18,23)(H,24,25). The zero-order valence-corrected chi connectivity index (χ0v) is 15.1. The van der Waals surface area contributed by atoms with Crippen molar-refractivity contribution in [2.45, 2.75) is 65.2 Å². The molecule has 0 saturated heterocycles. The number of carboxylic acid groups (broad SMARTS) is 1. The Balaban J connectivity index is 1.66. The summed E-state index contributed by atoms with van der Waals surface area (Å²) in [6, 6.07) is -0.564. The number of carboxylic acids is 1. The molecule has 1 aliphatic carbocycles.